The van der Waals surface area contributed by atoms with Gasteiger partial charge in [-0.3, -0.25) is 0 Å². The summed E-state index contributed by atoms with van der Waals surface area (Å²) in [4.78, 5) is 0. The molecule has 2 rings (SSSR count). The van der Waals surface area contributed by atoms with E-state index in [1.165, 1.54) is 18.4 Å². The first kappa shape index (κ1) is 11.2. The van der Waals surface area contributed by atoms with E-state index in [0.717, 1.165) is 23.2 Å². The molecule has 15 heavy (non-hydrogen) atoms. The largest absolute Gasteiger partial charge is 0.321 e. The standard InChI is InChI=1S/C13H18BrN/c1-2-5-10-8-13(15,9-10)11-6-3-4-7-12(11)14/h3-4,6-7,10H,2,5,8-9,15H2,1H3. The Hall–Kier alpha value is -0.340. The fraction of sp³-hybridized carbons (Fsp3) is 0.538. The van der Waals surface area contributed by atoms with Crippen LogP contribution in [0.4, 0.5) is 0 Å². The van der Waals surface area contributed by atoms with E-state index >= 15 is 0 Å². The molecule has 2 heteroatoms. The van der Waals surface area contributed by atoms with Gasteiger partial charge in [0.1, 0.15) is 0 Å². The van der Waals surface area contributed by atoms with Gasteiger partial charge in [0.15, 0.2) is 0 Å². The van der Waals surface area contributed by atoms with Crippen molar-refractivity contribution < 1.29 is 0 Å². The number of hydrogen-bond donors (Lipinski definition) is 1. The number of rotatable bonds is 3. The van der Waals surface area contributed by atoms with Gasteiger partial charge in [-0.1, -0.05) is 53.9 Å². The number of halogens is 1. The molecule has 0 atom stereocenters. The van der Waals surface area contributed by atoms with E-state index in [2.05, 4.69) is 41.1 Å². The van der Waals surface area contributed by atoms with Gasteiger partial charge in [0.05, 0.1) is 0 Å². The van der Waals surface area contributed by atoms with Crippen molar-refractivity contribution in [1.29, 1.82) is 0 Å². The smallest absolute Gasteiger partial charge is 0.0426 e. The minimum Gasteiger partial charge on any atom is -0.321 e. The van der Waals surface area contributed by atoms with Gasteiger partial charge >= 0.3 is 0 Å². The van der Waals surface area contributed by atoms with E-state index < -0.39 is 0 Å². The summed E-state index contributed by atoms with van der Waals surface area (Å²) in [5.41, 5.74) is 7.62. The minimum absolute atomic E-state index is 0.0695. The van der Waals surface area contributed by atoms with E-state index in [1.54, 1.807) is 0 Å². The van der Waals surface area contributed by atoms with Crippen LogP contribution in [-0.2, 0) is 5.54 Å². The Morgan fingerprint density at radius 3 is 2.67 bits per heavy atom. The summed E-state index contributed by atoms with van der Waals surface area (Å²) in [6.45, 7) is 2.24. The van der Waals surface area contributed by atoms with Crippen LogP contribution >= 0.6 is 15.9 Å². The topological polar surface area (TPSA) is 26.0 Å². The molecule has 0 radical (unpaired) electrons. The Bertz CT molecular complexity index is 342. The lowest BCUT2D eigenvalue weighted by Gasteiger charge is -2.46. The molecule has 1 fully saturated rings. The van der Waals surface area contributed by atoms with Gasteiger partial charge in [0.2, 0.25) is 0 Å². The second kappa shape index (κ2) is 4.26. The molecule has 1 aromatic carbocycles. The Morgan fingerprint density at radius 2 is 2.07 bits per heavy atom. The third kappa shape index (κ3) is 2.11. The van der Waals surface area contributed by atoms with Crippen LogP contribution in [0.2, 0.25) is 0 Å². The summed E-state index contributed by atoms with van der Waals surface area (Å²) in [5.74, 6) is 0.840. The zero-order chi connectivity index (χ0) is 10.9. The molecule has 1 saturated carbocycles. The van der Waals surface area contributed by atoms with Crippen molar-refractivity contribution in [2.75, 3.05) is 0 Å². The Labute approximate surface area is 100 Å². The molecule has 1 aliphatic rings. The highest BCUT2D eigenvalue weighted by molar-refractivity contribution is 9.10. The van der Waals surface area contributed by atoms with E-state index in [9.17, 15) is 0 Å². The molecule has 0 heterocycles. The number of hydrogen-bond acceptors (Lipinski definition) is 1. The predicted octanol–water partition coefficient (Wildman–Crippen LogP) is 3.81. The molecule has 0 bridgehead atoms. The second-order valence-electron chi connectivity index (χ2n) is 4.70. The van der Waals surface area contributed by atoms with E-state index in [-0.39, 0.29) is 5.54 Å². The van der Waals surface area contributed by atoms with Gasteiger partial charge < -0.3 is 5.73 Å². The summed E-state index contributed by atoms with van der Waals surface area (Å²) < 4.78 is 1.16. The molecule has 0 unspecified atom stereocenters. The summed E-state index contributed by atoms with van der Waals surface area (Å²) in [5, 5.41) is 0. The SMILES string of the molecule is CCCC1CC(N)(c2ccccc2Br)C1. The fourth-order valence-electron chi connectivity index (χ4n) is 2.67. The van der Waals surface area contributed by atoms with E-state index in [0.29, 0.717) is 0 Å². The Balaban J connectivity index is 2.10. The second-order valence-corrected chi connectivity index (χ2v) is 5.55. The van der Waals surface area contributed by atoms with Crippen LogP contribution < -0.4 is 5.73 Å². The van der Waals surface area contributed by atoms with Gasteiger partial charge in [0.25, 0.3) is 0 Å². The van der Waals surface area contributed by atoms with Gasteiger partial charge in [-0.05, 0) is 30.4 Å². The minimum atomic E-state index is -0.0695. The molecule has 0 aliphatic heterocycles. The normalized spacial score (nSPS) is 29.9. The first-order chi connectivity index (χ1) is 7.15. The molecule has 1 aromatic rings. The maximum atomic E-state index is 6.42. The lowest BCUT2D eigenvalue weighted by Crippen LogP contribution is -2.49. The van der Waals surface area contributed by atoms with Crippen molar-refractivity contribution >= 4 is 15.9 Å². The van der Waals surface area contributed by atoms with Crippen LogP contribution in [0.1, 0.15) is 38.2 Å². The third-order valence-electron chi connectivity index (χ3n) is 3.41. The highest BCUT2D eigenvalue weighted by Crippen LogP contribution is 2.47. The lowest BCUT2D eigenvalue weighted by molar-refractivity contribution is 0.137. The van der Waals surface area contributed by atoms with Crippen molar-refractivity contribution in [2.45, 2.75) is 38.1 Å². The first-order valence-corrected chi connectivity index (χ1v) is 6.49. The van der Waals surface area contributed by atoms with Crippen molar-refractivity contribution in [2.24, 2.45) is 11.7 Å². The Kier molecular flexibility index (Phi) is 3.17. The molecule has 1 aliphatic carbocycles. The van der Waals surface area contributed by atoms with Crippen molar-refractivity contribution in [3.63, 3.8) is 0 Å². The number of nitrogens with two attached hydrogens (primary N) is 1. The lowest BCUT2D eigenvalue weighted by atomic mass is 9.64. The highest BCUT2D eigenvalue weighted by atomic mass is 79.9. The molecule has 82 valence electrons. The maximum Gasteiger partial charge on any atom is 0.0426 e. The number of benzene rings is 1. The quantitative estimate of drug-likeness (QED) is 0.886. The summed E-state index contributed by atoms with van der Waals surface area (Å²) in [6.07, 6.45) is 4.88. The summed E-state index contributed by atoms with van der Waals surface area (Å²) in [6, 6.07) is 8.34. The average molecular weight is 268 g/mol. The van der Waals surface area contributed by atoms with Crippen LogP contribution in [0.3, 0.4) is 0 Å². The first-order valence-electron chi connectivity index (χ1n) is 5.69. The molecular formula is C13H18BrN. The van der Waals surface area contributed by atoms with Crippen LogP contribution in [0.15, 0.2) is 28.7 Å². The van der Waals surface area contributed by atoms with Crippen molar-refractivity contribution in [1.82, 2.24) is 0 Å². The van der Waals surface area contributed by atoms with Crippen molar-refractivity contribution in [3.8, 4) is 0 Å². The predicted molar refractivity (Wildman–Crippen MR) is 67.6 cm³/mol. The molecule has 1 nitrogen and oxygen atoms in total. The van der Waals surface area contributed by atoms with Crippen LogP contribution in [-0.4, -0.2) is 0 Å². The van der Waals surface area contributed by atoms with Gasteiger partial charge in [-0.15, -0.1) is 0 Å². The Morgan fingerprint density at radius 1 is 1.40 bits per heavy atom. The van der Waals surface area contributed by atoms with Crippen LogP contribution in [0.5, 0.6) is 0 Å². The summed E-state index contributed by atoms with van der Waals surface area (Å²) in [7, 11) is 0. The zero-order valence-corrected chi connectivity index (χ0v) is 10.8. The molecule has 0 saturated heterocycles. The zero-order valence-electron chi connectivity index (χ0n) is 9.17. The third-order valence-corrected chi connectivity index (χ3v) is 4.10. The van der Waals surface area contributed by atoms with Crippen molar-refractivity contribution in [3.05, 3.63) is 34.3 Å². The summed E-state index contributed by atoms with van der Waals surface area (Å²) >= 11 is 3.59. The maximum absolute atomic E-state index is 6.42. The average Bonchev–Trinajstić information content (AvgIpc) is 2.16. The van der Waals surface area contributed by atoms with Gasteiger partial charge in [0, 0.05) is 10.0 Å². The van der Waals surface area contributed by atoms with Gasteiger partial charge in [-0.2, -0.15) is 0 Å². The van der Waals surface area contributed by atoms with Crippen LogP contribution in [0, 0.1) is 5.92 Å². The molecule has 2 N–H and O–H groups in total. The van der Waals surface area contributed by atoms with Gasteiger partial charge in [-0.25, -0.2) is 0 Å². The monoisotopic (exact) mass is 267 g/mol. The highest BCUT2D eigenvalue weighted by Gasteiger charge is 2.42. The van der Waals surface area contributed by atoms with E-state index in [4.69, 9.17) is 5.73 Å². The molecule has 0 aromatic heterocycles. The molecule has 0 spiro atoms. The molecule has 0 amide bonds. The van der Waals surface area contributed by atoms with Crippen LogP contribution in [0.25, 0.3) is 0 Å². The molecular weight excluding hydrogens is 250 g/mol. The fourth-order valence-corrected chi connectivity index (χ4v) is 3.35. The van der Waals surface area contributed by atoms with E-state index in [1.807, 2.05) is 6.07 Å².